The Morgan fingerprint density at radius 1 is 1.47 bits per heavy atom. The van der Waals surface area contributed by atoms with Crippen LogP contribution in [0, 0.1) is 0 Å². The number of methoxy groups -OCH3 is 1. The predicted molar refractivity (Wildman–Crippen MR) is 57.3 cm³/mol. The molecule has 1 saturated carbocycles. The van der Waals surface area contributed by atoms with Crippen molar-refractivity contribution < 1.29 is 14.6 Å². The lowest BCUT2D eigenvalue weighted by molar-refractivity contribution is -0.149. The minimum absolute atomic E-state index is 0.0801. The third-order valence-electron chi connectivity index (χ3n) is 2.58. The van der Waals surface area contributed by atoms with E-state index in [1.54, 1.807) is 19.2 Å². The summed E-state index contributed by atoms with van der Waals surface area (Å²) in [6.07, 6.45) is -0.128. The number of ether oxygens (including phenoxy) is 2. The molecule has 0 aromatic heterocycles. The van der Waals surface area contributed by atoms with Gasteiger partial charge in [0.15, 0.2) is 0 Å². The summed E-state index contributed by atoms with van der Waals surface area (Å²) < 4.78 is 10.7. The van der Waals surface area contributed by atoms with Crippen LogP contribution in [-0.2, 0) is 4.74 Å². The highest BCUT2D eigenvalue weighted by Gasteiger charge is 2.42. The predicted octanol–water partition coefficient (Wildman–Crippen LogP) is 1.87. The molecule has 0 heterocycles. The minimum Gasteiger partial charge on any atom is -0.487 e. The van der Waals surface area contributed by atoms with Gasteiger partial charge in [0, 0.05) is 18.6 Å². The summed E-state index contributed by atoms with van der Waals surface area (Å²) in [6, 6.07) is 7.20. The van der Waals surface area contributed by atoms with Gasteiger partial charge in [-0.15, -0.1) is 0 Å². The fourth-order valence-electron chi connectivity index (χ4n) is 1.70. The van der Waals surface area contributed by atoms with Gasteiger partial charge in [-0.2, -0.15) is 0 Å². The van der Waals surface area contributed by atoms with E-state index in [-0.39, 0.29) is 12.2 Å². The zero-order valence-corrected chi connectivity index (χ0v) is 9.15. The maximum absolute atomic E-state index is 9.38. The maximum atomic E-state index is 9.38. The van der Waals surface area contributed by atoms with E-state index in [9.17, 15) is 5.11 Å². The van der Waals surface area contributed by atoms with E-state index in [0.29, 0.717) is 17.2 Å². The Labute approximate surface area is 93.6 Å². The number of benzene rings is 1. The van der Waals surface area contributed by atoms with Crippen LogP contribution in [0.25, 0.3) is 0 Å². The number of hydrogen-bond donors (Lipinski definition) is 1. The van der Waals surface area contributed by atoms with Crippen LogP contribution in [-0.4, -0.2) is 30.5 Å². The molecule has 15 heavy (non-hydrogen) atoms. The molecule has 1 fully saturated rings. The molecule has 2 rings (SSSR count). The second kappa shape index (κ2) is 4.39. The van der Waals surface area contributed by atoms with Crippen LogP contribution >= 0.6 is 11.6 Å². The van der Waals surface area contributed by atoms with Crippen LogP contribution in [0.2, 0.25) is 5.02 Å². The van der Waals surface area contributed by atoms with E-state index in [2.05, 4.69) is 0 Å². The maximum Gasteiger partial charge on any atom is 0.130 e. The lowest BCUT2D eigenvalue weighted by atomic mass is 9.88. The molecule has 0 saturated heterocycles. The summed E-state index contributed by atoms with van der Waals surface area (Å²) in [4.78, 5) is 0. The van der Waals surface area contributed by atoms with E-state index in [1.807, 2.05) is 12.1 Å². The molecule has 3 unspecified atom stereocenters. The van der Waals surface area contributed by atoms with Crippen molar-refractivity contribution in [3.8, 4) is 5.75 Å². The van der Waals surface area contributed by atoms with Crippen molar-refractivity contribution in [3.05, 3.63) is 29.3 Å². The van der Waals surface area contributed by atoms with Crippen molar-refractivity contribution in [1.82, 2.24) is 0 Å². The van der Waals surface area contributed by atoms with E-state index in [1.165, 1.54) is 0 Å². The van der Waals surface area contributed by atoms with Crippen molar-refractivity contribution in [2.75, 3.05) is 7.11 Å². The van der Waals surface area contributed by atoms with Gasteiger partial charge in [-0.3, -0.25) is 0 Å². The molecule has 4 heteroatoms. The fourth-order valence-corrected chi connectivity index (χ4v) is 1.88. The average molecular weight is 229 g/mol. The van der Waals surface area contributed by atoms with Crippen LogP contribution in [0.15, 0.2) is 24.3 Å². The summed E-state index contributed by atoms with van der Waals surface area (Å²) in [5.74, 6) is 0.710. The van der Waals surface area contributed by atoms with Gasteiger partial charge in [0.2, 0.25) is 0 Å². The van der Waals surface area contributed by atoms with Crippen molar-refractivity contribution in [3.63, 3.8) is 0 Å². The summed E-state index contributed by atoms with van der Waals surface area (Å²) in [5.41, 5.74) is 0. The Morgan fingerprint density at radius 2 is 2.27 bits per heavy atom. The molecular formula is C11H13ClO3. The second-order valence-electron chi connectivity index (χ2n) is 3.62. The fraction of sp³-hybridized carbons (Fsp3) is 0.455. The van der Waals surface area contributed by atoms with Crippen molar-refractivity contribution >= 4 is 11.6 Å². The standard InChI is InChI=1S/C11H13ClO3/c1-14-11-9(13)6-10(11)15-8-4-2-3-7(12)5-8/h2-5,9-11,13H,6H2,1H3. The van der Waals surface area contributed by atoms with Gasteiger partial charge in [0.25, 0.3) is 0 Å². The highest BCUT2D eigenvalue weighted by molar-refractivity contribution is 6.30. The van der Waals surface area contributed by atoms with Gasteiger partial charge in [0.05, 0.1) is 6.10 Å². The molecule has 82 valence electrons. The molecule has 0 amide bonds. The summed E-state index contributed by atoms with van der Waals surface area (Å²) in [7, 11) is 1.57. The summed E-state index contributed by atoms with van der Waals surface area (Å²) in [6.45, 7) is 0. The number of halogens is 1. The quantitative estimate of drug-likeness (QED) is 0.859. The van der Waals surface area contributed by atoms with Gasteiger partial charge < -0.3 is 14.6 Å². The Morgan fingerprint density at radius 3 is 2.87 bits per heavy atom. The third kappa shape index (κ3) is 2.25. The zero-order chi connectivity index (χ0) is 10.8. The van der Waals surface area contributed by atoms with Gasteiger partial charge in [-0.1, -0.05) is 17.7 Å². The summed E-state index contributed by atoms with van der Waals surface area (Å²) in [5, 5.41) is 10.0. The first kappa shape index (κ1) is 10.7. The topological polar surface area (TPSA) is 38.7 Å². The highest BCUT2D eigenvalue weighted by Crippen LogP contribution is 2.29. The first-order valence-electron chi connectivity index (χ1n) is 4.84. The van der Waals surface area contributed by atoms with E-state index < -0.39 is 6.10 Å². The molecule has 1 aromatic carbocycles. The first-order chi connectivity index (χ1) is 7.20. The van der Waals surface area contributed by atoms with Crippen molar-refractivity contribution in [1.29, 1.82) is 0 Å². The Balaban J connectivity index is 1.98. The Bertz CT molecular complexity index is 342. The minimum atomic E-state index is -0.417. The monoisotopic (exact) mass is 228 g/mol. The van der Waals surface area contributed by atoms with E-state index >= 15 is 0 Å². The largest absolute Gasteiger partial charge is 0.487 e. The molecule has 1 N–H and O–H groups in total. The molecule has 0 aliphatic heterocycles. The van der Waals surface area contributed by atoms with Crippen molar-refractivity contribution in [2.24, 2.45) is 0 Å². The molecule has 0 bridgehead atoms. The number of rotatable bonds is 3. The van der Waals surface area contributed by atoms with E-state index in [4.69, 9.17) is 21.1 Å². The lowest BCUT2D eigenvalue weighted by Gasteiger charge is -2.39. The zero-order valence-electron chi connectivity index (χ0n) is 8.39. The first-order valence-corrected chi connectivity index (χ1v) is 5.21. The molecule has 1 aromatic rings. The molecule has 1 aliphatic carbocycles. The third-order valence-corrected chi connectivity index (χ3v) is 2.81. The van der Waals surface area contributed by atoms with E-state index in [0.717, 1.165) is 0 Å². The van der Waals surface area contributed by atoms with Crippen LogP contribution in [0.4, 0.5) is 0 Å². The van der Waals surface area contributed by atoms with Crippen molar-refractivity contribution in [2.45, 2.75) is 24.7 Å². The average Bonchev–Trinajstić information content (AvgIpc) is 2.17. The molecule has 0 radical (unpaired) electrons. The highest BCUT2D eigenvalue weighted by atomic mass is 35.5. The Kier molecular flexibility index (Phi) is 3.14. The molecule has 1 aliphatic rings. The molecule has 0 spiro atoms. The molecule has 3 atom stereocenters. The normalized spacial score (nSPS) is 29.7. The number of hydrogen-bond acceptors (Lipinski definition) is 3. The number of aliphatic hydroxyl groups is 1. The van der Waals surface area contributed by atoms with Gasteiger partial charge in [-0.05, 0) is 18.2 Å². The lowest BCUT2D eigenvalue weighted by Crippen LogP contribution is -2.54. The van der Waals surface area contributed by atoms with Crippen LogP contribution in [0.3, 0.4) is 0 Å². The van der Waals surface area contributed by atoms with Crippen LogP contribution in [0.1, 0.15) is 6.42 Å². The van der Waals surface area contributed by atoms with Gasteiger partial charge >= 0.3 is 0 Å². The smallest absolute Gasteiger partial charge is 0.130 e. The second-order valence-corrected chi connectivity index (χ2v) is 4.05. The number of aliphatic hydroxyl groups excluding tert-OH is 1. The van der Waals surface area contributed by atoms with Crippen LogP contribution in [0.5, 0.6) is 5.75 Å². The summed E-state index contributed by atoms with van der Waals surface area (Å²) >= 11 is 5.83. The SMILES string of the molecule is COC1C(O)CC1Oc1cccc(Cl)c1. The Hall–Kier alpha value is -0.770. The molecular weight excluding hydrogens is 216 g/mol. The van der Waals surface area contributed by atoms with Crippen LogP contribution < -0.4 is 4.74 Å². The molecule has 3 nitrogen and oxygen atoms in total. The van der Waals surface area contributed by atoms with Gasteiger partial charge in [-0.25, -0.2) is 0 Å². The van der Waals surface area contributed by atoms with Gasteiger partial charge in [0.1, 0.15) is 18.0 Å².